The lowest BCUT2D eigenvalue weighted by molar-refractivity contribution is -0.918. The molecule has 1 unspecified atom stereocenters. The van der Waals surface area contributed by atoms with E-state index in [9.17, 15) is 9.59 Å². The molecule has 1 aromatic carbocycles. The van der Waals surface area contributed by atoms with Gasteiger partial charge in [0.1, 0.15) is 12.5 Å². The van der Waals surface area contributed by atoms with Crippen molar-refractivity contribution in [2.45, 2.75) is 45.2 Å². The summed E-state index contributed by atoms with van der Waals surface area (Å²) in [4.78, 5) is 27.3. The van der Waals surface area contributed by atoms with E-state index in [1.807, 2.05) is 6.92 Å². The van der Waals surface area contributed by atoms with E-state index in [0.29, 0.717) is 19.7 Å². The molecule has 154 valence electrons. The van der Waals surface area contributed by atoms with Gasteiger partial charge in [-0.05, 0) is 19.8 Å². The molecule has 0 saturated carbocycles. The fourth-order valence-electron chi connectivity index (χ4n) is 4.51. The number of benzene rings is 1. The lowest BCUT2D eigenvalue weighted by atomic mass is 9.98. The number of likely N-dealkylation sites (tertiary alicyclic amines) is 2. The molecular formula is C22H35N3O3+2. The number of carbonyl (C=O) groups is 2. The second-order valence-corrected chi connectivity index (χ2v) is 8.23. The maximum atomic E-state index is 12.5. The molecule has 2 saturated heterocycles. The van der Waals surface area contributed by atoms with Gasteiger partial charge in [0, 0.05) is 24.4 Å². The van der Waals surface area contributed by atoms with Crippen molar-refractivity contribution in [2.24, 2.45) is 5.92 Å². The number of esters is 1. The molecule has 3 rings (SSSR count). The Balaban J connectivity index is 1.37. The van der Waals surface area contributed by atoms with Crippen molar-refractivity contribution in [1.82, 2.24) is 5.32 Å². The fraction of sp³-hybridized carbons (Fsp3) is 0.636. The molecule has 0 aromatic heterocycles. The minimum atomic E-state index is -0.103. The Labute approximate surface area is 168 Å². The SMILES string of the molecule is CCOC(=O)[C@H]1CCC[NH+](CC(=O)NC2CC[NH+](Cc3ccccc3)CC2)C1. The predicted molar refractivity (Wildman–Crippen MR) is 107 cm³/mol. The Kier molecular flexibility index (Phi) is 7.86. The van der Waals surface area contributed by atoms with Crippen LogP contribution in [0, 0.1) is 5.92 Å². The van der Waals surface area contributed by atoms with E-state index in [0.717, 1.165) is 51.9 Å². The molecule has 0 radical (unpaired) electrons. The van der Waals surface area contributed by atoms with Crippen LogP contribution in [0.4, 0.5) is 0 Å². The monoisotopic (exact) mass is 389 g/mol. The van der Waals surface area contributed by atoms with Gasteiger partial charge in [-0.2, -0.15) is 0 Å². The highest BCUT2D eigenvalue weighted by molar-refractivity contribution is 5.77. The first kappa shape index (κ1) is 20.8. The molecule has 28 heavy (non-hydrogen) atoms. The highest BCUT2D eigenvalue weighted by atomic mass is 16.5. The van der Waals surface area contributed by atoms with Crippen molar-refractivity contribution in [3.63, 3.8) is 0 Å². The third-order valence-electron chi connectivity index (χ3n) is 6.00. The van der Waals surface area contributed by atoms with Crippen molar-refractivity contribution in [3.8, 4) is 0 Å². The first-order valence-corrected chi connectivity index (χ1v) is 10.8. The zero-order valence-corrected chi connectivity index (χ0v) is 17.0. The minimum Gasteiger partial charge on any atom is -0.466 e. The van der Waals surface area contributed by atoms with Crippen molar-refractivity contribution in [3.05, 3.63) is 35.9 Å². The number of carbonyl (C=O) groups excluding carboxylic acids is 2. The average molecular weight is 390 g/mol. The molecule has 3 N–H and O–H groups in total. The van der Waals surface area contributed by atoms with Crippen LogP contribution in [0.5, 0.6) is 0 Å². The normalized spacial score (nSPS) is 27.8. The average Bonchev–Trinajstić information content (AvgIpc) is 2.70. The Bertz CT molecular complexity index is 629. The topological polar surface area (TPSA) is 64.3 Å². The van der Waals surface area contributed by atoms with E-state index in [2.05, 4.69) is 35.6 Å². The summed E-state index contributed by atoms with van der Waals surface area (Å²) in [5, 5.41) is 3.23. The number of hydrogen-bond donors (Lipinski definition) is 3. The Morgan fingerprint density at radius 1 is 1.07 bits per heavy atom. The minimum absolute atomic E-state index is 0.0543. The summed E-state index contributed by atoms with van der Waals surface area (Å²) < 4.78 is 5.15. The Hall–Kier alpha value is -1.92. The lowest BCUT2D eigenvalue weighted by Gasteiger charge is -2.31. The molecule has 2 fully saturated rings. The van der Waals surface area contributed by atoms with Crippen molar-refractivity contribution in [1.29, 1.82) is 0 Å². The molecule has 0 bridgehead atoms. The second kappa shape index (κ2) is 10.6. The first-order valence-electron chi connectivity index (χ1n) is 10.8. The highest BCUT2D eigenvalue weighted by Crippen LogP contribution is 2.09. The van der Waals surface area contributed by atoms with Crippen molar-refractivity contribution < 1.29 is 24.1 Å². The zero-order chi connectivity index (χ0) is 19.8. The van der Waals surface area contributed by atoms with E-state index in [-0.39, 0.29) is 23.8 Å². The molecule has 1 amide bonds. The third-order valence-corrected chi connectivity index (χ3v) is 6.00. The van der Waals surface area contributed by atoms with Crippen LogP contribution in [0.2, 0.25) is 0 Å². The Morgan fingerprint density at radius 3 is 2.54 bits per heavy atom. The first-order chi connectivity index (χ1) is 13.6. The number of ether oxygens (including phenoxy) is 1. The van der Waals surface area contributed by atoms with Crippen LogP contribution in [0.25, 0.3) is 0 Å². The van der Waals surface area contributed by atoms with Crippen LogP contribution in [-0.2, 0) is 20.9 Å². The number of rotatable bonds is 7. The van der Waals surface area contributed by atoms with Gasteiger partial charge in [0.2, 0.25) is 0 Å². The summed E-state index contributed by atoms with van der Waals surface area (Å²) in [6, 6.07) is 10.9. The maximum absolute atomic E-state index is 12.5. The van der Waals surface area contributed by atoms with Crippen LogP contribution in [0.15, 0.2) is 30.3 Å². The van der Waals surface area contributed by atoms with E-state index < -0.39 is 0 Å². The van der Waals surface area contributed by atoms with E-state index in [4.69, 9.17) is 4.74 Å². The zero-order valence-electron chi connectivity index (χ0n) is 17.0. The van der Waals surface area contributed by atoms with Crippen molar-refractivity contribution >= 4 is 11.9 Å². The van der Waals surface area contributed by atoms with E-state index in [1.54, 1.807) is 4.90 Å². The van der Waals surface area contributed by atoms with Gasteiger partial charge in [0.25, 0.3) is 5.91 Å². The number of nitrogens with one attached hydrogen (secondary N) is 3. The molecule has 2 heterocycles. The molecule has 6 heteroatoms. The van der Waals surface area contributed by atoms with Crippen LogP contribution in [-0.4, -0.2) is 57.2 Å². The summed E-state index contributed by atoms with van der Waals surface area (Å²) in [7, 11) is 0. The van der Waals surface area contributed by atoms with Crippen LogP contribution < -0.4 is 15.1 Å². The molecular weight excluding hydrogens is 354 g/mol. The van der Waals surface area contributed by atoms with Gasteiger partial charge in [-0.3, -0.25) is 9.59 Å². The van der Waals surface area contributed by atoms with Crippen LogP contribution >= 0.6 is 0 Å². The number of quaternary nitrogens is 2. The summed E-state index contributed by atoms with van der Waals surface area (Å²) >= 11 is 0. The lowest BCUT2D eigenvalue weighted by Crippen LogP contribution is -3.15. The summed E-state index contributed by atoms with van der Waals surface area (Å²) in [5.41, 5.74) is 1.38. The van der Waals surface area contributed by atoms with E-state index >= 15 is 0 Å². The Morgan fingerprint density at radius 2 is 1.82 bits per heavy atom. The smallest absolute Gasteiger partial charge is 0.314 e. The standard InChI is InChI=1S/C22H33N3O3/c1-2-28-22(27)19-9-6-12-25(16-19)17-21(26)23-20-10-13-24(14-11-20)15-18-7-4-3-5-8-18/h3-5,7-8,19-20H,2,6,9-17H2,1H3,(H,23,26)/p+2/t19-/m0/s1. The molecule has 0 aliphatic carbocycles. The maximum Gasteiger partial charge on any atom is 0.314 e. The number of piperidine rings is 2. The van der Waals surface area contributed by atoms with Gasteiger partial charge in [-0.1, -0.05) is 30.3 Å². The second-order valence-electron chi connectivity index (χ2n) is 8.23. The molecule has 2 aliphatic rings. The summed E-state index contributed by atoms with van der Waals surface area (Å²) in [5.74, 6) is -0.0359. The van der Waals surface area contributed by atoms with Crippen LogP contribution in [0.1, 0.15) is 38.2 Å². The molecule has 2 atom stereocenters. The summed E-state index contributed by atoms with van der Waals surface area (Å²) in [6.45, 7) is 7.67. The number of amides is 1. The van der Waals surface area contributed by atoms with Crippen molar-refractivity contribution in [2.75, 3.05) is 39.3 Å². The largest absolute Gasteiger partial charge is 0.466 e. The van der Waals surface area contributed by atoms with Gasteiger partial charge in [0.05, 0.1) is 32.8 Å². The van der Waals surface area contributed by atoms with Gasteiger partial charge in [-0.15, -0.1) is 0 Å². The van der Waals surface area contributed by atoms with Gasteiger partial charge in [-0.25, -0.2) is 0 Å². The van der Waals surface area contributed by atoms with Gasteiger partial charge >= 0.3 is 5.97 Å². The molecule has 1 aromatic rings. The summed E-state index contributed by atoms with van der Waals surface area (Å²) in [6.07, 6.45) is 3.93. The highest BCUT2D eigenvalue weighted by Gasteiger charge is 2.31. The van der Waals surface area contributed by atoms with Gasteiger partial charge < -0.3 is 19.9 Å². The predicted octanol–water partition coefficient (Wildman–Crippen LogP) is -0.792. The molecule has 6 nitrogen and oxygen atoms in total. The van der Waals surface area contributed by atoms with Crippen LogP contribution in [0.3, 0.4) is 0 Å². The molecule has 2 aliphatic heterocycles. The van der Waals surface area contributed by atoms with E-state index in [1.165, 1.54) is 10.5 Å². The molecule has 0 spiro atoms. The van der Waals surface area contributed by atoms with Gasteiger partial charge in [0.15, 0.2) is 6.54 Å². The quantitative estimate of drug-likeness (QED) is 0.536. The third kappa shape index (κ3) is 6.31. The fourth-order valence-corrected chi connectivity index (χ4v) is 4.51. The number of hydrogen-bond acceptors (Lipinski definition) is 3.